The molecule has 0 aliphatic rings. The first-order valence-corrected chi connectivity index (χ1v) is 10.7. The lowest BCUT2D eigenvalue weighted by atomic mass is 9.84. The van der Waals surface area contributed by atoms with Gasteiger partial charge < -0.3 is 21.5 Å². The van der Waals surface area contributed by atoms with Crippen LogP contribution in [0, 0.1) is 0 Å². The standard InChI is InChI=1S/C19H27N5O2.C6H6/c1-19(2,18(25)26)15-6-3-5-14(11-15)7-10-21-8-4-9-23-16-12-22-13-24-17(16)20;1-2-4-6-5-3-1/h3,5-6,11-13,21,23H,4,7-10H2,1-2H3,(H,25,26)(H2,20,22,24);1-6H. The van der Waals surface area contributed by atoms with Crippen LogP contribution in [0.3, 0.4) is 0 Å². The van der Waals surface area contributed by atoms with Crippen LogP contribution in [0.5, 0.6) is 0 Å². The minimum atomic E-state index is -0.877. The number of carbonyl (C=O) groups is 1. The van der Waals surface area contributed by atoms with Gasteiger partial charge in [-0.3, -0.25) is 4.79 Å². The molecule has 170 valence electrons. The number of aromatic nitrogens is 2. The Kier molecular flexibility index (Phi) is 10.1. The number of nitrogen functional groups attached to an aromatic ring is 1. The lowest BCUT2D eigenvalue weighted by molar-refractivity contribution is -0.142. The van der Waals surface area contributed by atoms with Gasteiger partial charge in [0.15, 0.2) is 0 Å². The molecule has 0 radical (unpaired) electrons. The van der Waals surface area contributed by atoms with Crippen molar-refractivity contribution in [2.75, 3.05) is 30.7 Å². The maximum atomic E-state index is 11.4. The Balaban J connectivity index is 0.000000520. The molecule has 7 nitrogen and oxygen atoms in total. The first kappa shape index (κ1) is 24.8. The first-order chi connectivity index (χ1) is 15.4. The number of nitrogens with two attached hydrogens (primary N) is 1. The zero-order valence-electron chi connectivity index (χ0n) is 18.8. The molecule has 0 spiro atoms. The number of hydrogen-bond acceptors (Lipinski definition) is 6. The van der Waals surface area contributed by atoms with Gasteiger partial charge in [0.05, 0.1) is 17.3 Å². The van der Waals surface area contributed by atoms with Crippen molar-refractivity contribution in [1.29, 1.82) is 0 Å². The predicted octanol–water partition coefficient (Wildman–Crippen LogP) is 3.74. The molecule has 0 unspecified atom stereocenters. The molecular formula is C25H33N5O2. The van der Waals surface area contributed by atoms with E-state index in [1.165, 1.54) is 6.33 Å². The van der Waals surface area contributed by atoms with Crippen molar-refractivity contribution in [3.63, 3.8) is 0 Å². The largest absolute Gasteiger partial charge is 0.481 e. The van der Waals surface area contributed by atoms with Crippen LogP contribution in [-0.2, 0) is 16.6 Å². The molecule has 32 heavy (non-hydrogen) atoms. The van der Waals surface area contributed by atoms with Gasteiger partial charge in [-0.15, -0.1) is 0 Å². The second-order valence-corrected chi connectivity index (χ2v) is 7.89. The summed E-state index contributed by atoms with van der Waals surface area (Å²) in [6, 6.07) is 19.8. The zero-order chi connectivity index (χ0) is 23.2. The number of benzene rings is 2. The highest BCUT2D eigenvalue weighted by Crippen LogP contribution is 2.24. The van der Waals surface area contributed by atoms with Crippen molar-refractivity contribution >= 4 is 17.5 Å². The van der Waals surface area contributed by atoms with E-state index in [0.717, 1.165) is 49.3 Å². The summed E-state index contributed by atoms with van der Waals surface area (Å²) in [5.41, 5.74) is 7.58. The second-order valence-electron chi connectivity index (χ2n) is 7.89. The molecule has 5 N–H and O–H groups in total. The molecule has 7 heteroatoms. The average molecular weight is 436 g/mol. The van der Waals surface area contributed by atoms with E-state index in [9.17, 15) is 9.90 Å². The van der Waals surface area contributed by atoms with Crippen LogP contribution < -0.4 is 16.4 Å². The van der Waals surface area contributed by atoms with Crippen molar-refractivity contribution in [3.8, 4) is 0 Å². The average Bonchev–Trinajstić information content (AvgIpc) is 2.81. The van der Waals surface area contributed by atoms with E-state index in [2.05, 4.69) is 20.6 Å². The Morgan fingerprint density at radius 3 is 2.34 bits per heavy atom. The molecule has 0 bridgehead atoms. The van der Waals surface area contributed by atoms with E-state index >= 15 is 0 Å². The number of hydrogen-bond donors (Lipinski definition) is 4. The topological polar surface area (TPSA) is 113 Å². The molecule has 0 saturated carbocycles. The van der Waals surface area contributed by atoms with Gasteiger partial charge in [-0.25, -0.2) is 9.97 Å². The van der Waals surface area contributed by atoms with Gasteiger partial charge in [0.2, 0.25) is 0 Å². The van der Waals surface area contributed by atoms with Crippen molar-refractivity contribution in [3.05, 3.63) is 84.3 Å². The zero-order valence-corrected chi connectivity index (χ0v) is 18.8. The predicted molar refractivity (Wildman–Crippen MR) is 130 cm³/mol. The molecule has 0 atom stereocenters. The summed E-state index contributed by atoms with van der Waals surface area (Å²) in [4.78, 5) is 19.2. The number of anilines is 2. The number of carboxylic acid groups (broad SMARTS) is 1. The van der Waals surface area contributed by atoms with Gasteiger partial charge in [0.25, 0.3) is 0 Å². The van der Waals surface area contributed by atoms with Crippen molar-refractivity contribution in [2.24, 2.45) is 0 Å². The van der Waals surface area contributed by atoms with Gasteiger partial charge in [0, 0.05) is 6.54 Å². The molecule has 3 aromatic rings. The number of carboxylic acids is 1. The molecule has 3 rings (SSSR count). The summed E-state index contributed by atoms with van der Waals surface area (Å²) in [6.07, 6.45) is 4.90. The number of nitrogens with zero attached hydrogens (tertiary/aromatic N) is 2. The Morgan fingerprint density at radius 2 is 1.72 bits per heavy atom. The van der Waals surface area contributed by atoms with Crippen LogP contribution in [0.2, 0.25) is 0 Å². The van der Waals surface area contributed by atoms with Crippen molar-refractivity contribution in [1.82, 2.24) is 15.3 Å². The van der Waals surface area contributed by atoms with Crippen LogP contribution >= 0.6 is 0 Å². The van der Waals surface area contributed by atoms with Crippen molar-refractivity contribution < 1.29 is 9.90 Å². The second kappa shape index (κ2) is 13.1. The highest BCUT2D eigenvalue weighted by molar-refractivity contribution is 5.80. The fraction of sp³-hybridized carbons (Fsp3) is 0.320. The smallest absolute Gasteiger partial charge is 0.313 e. The minimum absolute atomic E-state index is 0.456. The summed E-state index contributed by atoms with van der Waals surface area (Å²) in [5.74, 6) is -0.359. The third-order valence-corrected chi connectivity index (χ3v) is 5.03. The highest BCUT2D eigenvalue weighted by Gasteiger charge is 2.29. The van der Waals surface area contributed by atoms with Gasteiger partial charge in [-0.2, -0.15) is 0 Å². The SMILES string of the molecule is CC(C)(C(=O)O)c1cccc(CCNCCCNc2cncnc2N)c1.c1ccccc1. The Hall–Kier alpha value is -3.45. The van der Waals surface area contributed by atoms with E-state index in [1.54, 1.807) is 20.0 Å². The maximum absolute atomic E-state index is 11.4. The third kappa shape index (κ3) is 8.35. The summed E-state index contributed by atoms with van der Waals surface area (Å²) in [5, 5.41) is 16.0. The molecule has 2 aromatic carbocycles. The van der Waals surface area contributed by atoms with E-state index in [1.807, 2.05) is 60.7 Å². The monoisotopic (exact) mass is 435 g/mol. The van der Waals surface area contributed by atoms with E-state index in [-0.39, 0.29) is 0 Å². The number of aliphatic carboxylic acids is 1. The molecule has 0 aliphatic heterocycles. The van der Waals surface area contributed by atoms with Gasteiger partial charge in [-0.05, 0) is 50.9 Å². The fourth-order valence-corrected chi connectivity index (χ4v) is 2.89. The van der Waals surface area contributed by atoms with E-state index in [0.29, 0.717) is 5.82 Å². The Morgan fingerprint density at radius 1 is 1.03 bits per heavy atom. The van der Waals surface area contributed by atoms with Crippen LogP contribution in [0.1, 0.15) is 31.4 Å². The lowest BCUT2D eigenvalue weighted by Gasteiger charge is -2.20. The Labute approximate surface area is 190 Å². The fourth-order valence-electron chi connectivity index (χ4n) is 2.89. The van der Waals surface area contributed by atoms with Gasteiger partial charge >= 0.3 is 5.97 Å². The summed E-state index contributed by atoms with van der Waals surface area (Å²) >= 11 is 0. The van der Waals surface area contributed by atoms with Gasteiger partial charge in [0.1, 0.15) is 12.1 Å². The molecule has 0 saturated heterocycles. The van der Waals surface area contributed by atoms with Crippen LogP contribution in [0.4, 0.5) is 11.5 Å². The normalized spacial score (nSPS) is 10.7. The molecule has 0 aliphatic carbocycles. The van der Waals surface area contributed by atoms with Crippen LogP contribution in [0.15, 0.2) is 73.2 Å². The molecule has 1 heterocycles. The number of nitrogens with one attached hydrogen (secondary N) is 2. The minimum Gasteiger partial charge on any atom is -0.481 e. The lowest BCUT2D eigenvalue weighted by Crippen LogP contribution is -2.28. The summed E-state index contributed by atoms with van der Waals surface area (Å²) < 4.78 is 0. The maximum Gasteiger partial charge on any atom is 0.313 e. The first-order valence-electron chi connectivity index (χ1n) is 10.7. The highest BCUT2D eigenvalue weighted by atomic mass is 16.4. The van der Waals surface area contributed by atoms with Crippen molar-refractivity contribution in [2.45, 2.75) is 32.1 Å². The number of rotatable bonds is 10. The Bertz CT molecular complexity index is 921. The molecule has 0 fully saturated rings. The van der Waals surface area contributed by atoms with Gasteiger partial charge in [-0.1, -0.05) is 60.7 Å². The quantitative estimate of drug-likeness (QED) is 0.359. The summed E-state index contributed by atoms with van der Waals surface area (Å²) in [6.45, 7) is 5.95. The molecule has 0 amide bonds. The van der Waals surface area contributed by atoms with E-state index in [4.69, 9.17) is 5.73 Å². The molecular weight excluding hydrogens is 402 g/mol. The summed E-state index contributed by atoms with van der Waals surface area (Å²) in [7, 11) is 0. The van der Waals surface area contributed by atoms with Crippen LogP contribution in [0.25, 0.3) is 0 Å². The molecule has 1 aromatic heterocycles. The van der Waals surface area contributed by atoms with Crippen LogP contribution in [-0.4, -0.2) is 40.7 Å². The van der Waals surface area contributed by atoms with E-state index < -0.39 is 11.4 Å². The third-order valence-electron chi connectivity index (χ3n) is 5.03.